The van der Waals surface area contributed by atoms with E-state index in [1.807, 2.05) is 0 Å². The molecule has 0 aromatic rings. The summed E-state index contributed by atoms with van der Waals surface area (Å²) in [5.41, 5.74) is 5.73. The third kappa shape index (κ3) is 2.48. The molecule has 2 saturated carbocycles. The Morgan fingerprint density at radius 1 is 1.15 bits per heavy atom. The highest BCUT2D eigenvalue weighted by atomic mass is 32.1. The van der Waals surface area contributed by atoms with Gasteiger partial charge in [0.2, 0.25) is 11.8 Å². The van der Waals surface area contributed by atoms with Crippen molar-refractivity contribution in [3.8, 4) is 0 Å². The monoisotopic (exact) mass is 294 g/mol. The molecule has 3 aliphatic rings. The van der Waals surface area contributed by atoms with Gasteiger partial charge in [0.1, 0.15) is 0 Å². The molecule has 0 aromatic carbocycles. The molecular formula is C15H22N2O2S. The summed E-state index contributed by atoms with van der Waals surface area (Å²) in [6, 6.07) is -0.328. The molecule has 4 nitrogen and oxygen atoms in total. The number of hydrogen-bond donors (Lipinski definition) is 1. The molecular weight excluding hydrogens is 272 g/mol. The first kappa shape index (κ1) is 14.0. The van der Waals surface area contributed by atoms with Crippen LogP contribution in [0, 0.1) is 11.3 Å². The minimum Gasteiger partial charge on any atom is -0.392 e. The Kier molecular flexibility index (Phi) is 3.56. The Morgan fingerprint density at radius 2 is 1.70 bits per heavy atom. The number of nitrogens with zero attached hydrogens (tertiary/aromatic N) is 1. The fraction of sp³-hybridized carbons (Fsp3) is 0.800. The maximum Gasteiger partial charge on any atom is 0.230 e. The van der Waals surface area contributed by atoms with Crippen LogP contribution in [-0.4, -0.2) is 27.7 Å². The predicted molar refractivity (Wildman–Crippen MR) is 79.9 cm³/mol. The summed E-state index contributed by atoms with van der Waals surface area (Å²) in [4.78, 5) is 26.8. The normalized spacial score (nSPS) is 27.7. The number of piperidine rings is 1. The number of carbonyl (C=O) groups is 2. The Morgan fingerprint density at radius 3 is 2.15 bits per heavy atom. The summed E-state index contributed by atoms with van der Waals surface area (Å²) in [7, 11) is 0. The number of hydrogen-bond acceptors (Lipinski definition) is 3. The van der Waals surface area contributed by atoms with Crippen LogP contribution in [-0.2, 0) is 9.59 Å². The number of carbonyl (C=O) groups excluding carboxylic acids is 2. The predicted octanol–water partition coefficient (Wildman–Crippen LogP) is 2.15. The van der Waals surface area contributed by atoms with Crippen molar-refractivity contribution in [1.29, 1.82) is 0 Å². The summed E-state index contributed by atoms with van der Waals surface area (Å²) in [6.07, 6.45) is 8.58. The van der Waals surface area contributed by atoms with E-state index in [-0.39, 0.29) is 23.3 Å². The minimum absolute atomic E-state index is 0.0483. The van der Waals surface area contributed by atoms with Gasteiger partial charge in [-0.25, -0.2) is 0 Å². The van der Waals surface area contributed by atoms with E-state index in [0.29, 0.717) is 23.7 Å². The molecule has 1 aliphatic heterocycles. The van der Waals surface area contributed by atoms with Crippen LogP contribution in [0.5, 0.6) is 0 Å². The van der Waals surface area contributed by atoms with Gasteiger partial charge in [-0.05, 0) is 37.0 Å². The highest BCUT2D eigenvalue weighted by molar-refractivity contribution is 7.80. The molecule has 20 heavy (non-hydrogen) atoms. The zero-order chi connectivity index (χ0) is 14.3. The molecule has 1 spiro atoms. The van der Waals surface area contributed by atoms with Crippen LogP contribution < -0.4 is 5.73 Å². The summed E-state index contributed by atoms with van der Waals surface area (Å²) in [6.45, 7) is 0. The number of amides is 2. The Bertz CT molecular complexity index is 433. The Labute approximate surface area is 125 Å². The van der Waals surface area contributed by atoms with Gasteiger partial charge in [0.25, 0.3) is 0 Å². The zero-order valence-corrected chi connectivity index (χ0v) is 12.6. The Balaban J connectivity index is 1.79. The number of nitrogens with two attached hydrogens (primary N) is 1. The van der Waals surface area contributed by atoms with E-state index in [1.54, 1.807) is 0 Å². The molecule has 1 saturated heterocycles. The number of thiocarbonyl (C=S) groups is 1. The second-order valence-electron chi connectivity index (χ2n) is 6.76. The zero-order valence-electron chi connectivity index (χ0n) is 11.8. The van der Waals surface area contributed by atoms with Crippen molar-refractivity contribution in [2.24, 2.45) is 17.1 Å². The van der Waals surface area contributed by atoms with Crippen molar-refractivity contribution in [3.05, 3.63) is 0 Å². The maximum atomic E-state index is 12.5. The summed E-state index contributed by atoms with van der Waals surface area (Å²) in [5.74, 6) is 0.210. The second kappa shape index (κ2) is 5.10. The number of rotatable bonds is 3. The molecule has 3 fully saturated rings. The summed E-state index contributed by atoms with van der Waals surface area (Å²) >= 11 is 5.10. The lowest BCUT2D eigenvalue weighted by atomic mass is 9.67. The maximum absolute atomic E-state index is 12.5. The SMILES string of the molecule is NC(=S)C(C1CC1)N1C(=O)CC2(CCCCC2)CC1=O. The Hall–Kier alpha value is -0.970. The first-order chi connectivity index (χ1) is 9.52. The average Bonchev–Trinajstić information content (AvgIpc) is 3.18. The topological polar surface area (TPSA) is 63.4 Å². The van der Waals surface area contributed by atoms with Gasteiger partial charge in [-0.3, -0.25) is 14.5 Å². The van der Waals surface area contributed by atoms with Crippen molar-refractivity contribution < 1.29 is 9.59 Å². The van der Waals surface area contributed by atoms with E-state index >= 15 is 0 Å². The van der Waals surface area contributed by atoms with E-state index in [1.165, 1.54) is 11.3 Å². The second-order valence-corrected chi connectivity index (χ2v) is 7.23. The van der Waals surface area contributed by atoms with Crippen LogP contribution in [0.1, 0.15) is 57.8 Å². The van der Waals surface area contributed by atoms with E-state index in [2.05, 4.69) is 0 Å². The first-order valence-corrected chi connectivity index (χ1v) is 8.07. The molecule has 1 atom stereocenters. The van der Waals surface area contributed by atoms with E-state index < -0.39 is 0 Å². The molecule has 0 bridgehead atoms. The molecule has 0 aromatic heterocycles. The lowest BCUT2D eigenvalue weighted by Gasteiger charge is -2.44. The van der Waals surface area contributed by atoms with Gasteiger partial charge in [-0.15, -0.1) is 0 Å². The van der Waals surface area contributed by atoms with E-state index in [9.17, 15) is 9.59 Å². The van der Waals surface area contributed by atoms with Crippen molar-refractivity contribution in [2.75, 3.05) is 0 Å². The number of likely N-dealkylation sites (tertiary alicyclic amines) is 1. The largest absolute Gasteiger partial charge is 0.392 e. The lowest BCUT2D eigenvalue weighted by Crippen LogP contribution is -2.57. The van der Waals surface area contributed by atoms with Crippen LogP contribution >= 0.6 is 12.2 Å². The van der Waals surface area contributed by atoms with E-state index in [4.69, 9.17) is 18.0 Å². The summed E-state index contributed by atoms with van der Waals surface area (Å²) in [5, 5.41) is 0. The van der Waals surface area contributed by atoms with Crippen molar-refractivity contribution in [3.63, 3.8) is 0 Å². The van der Waals surface area contributed by atoms with Gasteiger partial charge in [-0.2, -0.15) is 0 Å². The van der Waals surface area contributed by atoms with Crippen molar-refractivity contribution in [2.45, 2.75) is 63.8 Å². The quantitative estimate of drug-likeness (QED) is 0.640. The molecule has 2 amide bonds. The highest BCUT2D eigenvalue weighted by Gasteiger charge is 2.49. The minimum atomic E-state index is -0.328. The van der Waals surface area contributed by atoms with Gasteiger partial charge < -0.3 is 5.73 Å². The standard InChI is InChI=1S/C15H22N2O2S/c16-14(20)13(10-4-5-10)17-11(18)8-15(9-12(17)19)6-2-1-3-7-15/h10,13H,1-9H2,(H2,16,20). The van der Waals surface area contributed by atoms with Crippen LogP contribution in [0.2, 0.25) is 0 Å². The van der Waals surface area contributed by atoms with Crippen LogP contribution in [0.3, 0.4) is 0 Å². The van der Waals surface area contributed by atoms with Gasteiger partial charge in [-0.1, -0.05) is 31.5 Å². The first-order valence-electron chi connectivity index (χ1n) is 7.67. The van der Waals surface area contributed by atoms with E-state index in [0.717, 1.165) is 38.5 Å². The van der Waals surface area contributed by atoms with Gasteiger partial charge in [0.05, 0.1) is 11.0 Å². The van der Waals surface area contributed by atoms with Crippen LogP contribution in [0.4, 0.5) is 0 Å². The molecule has 2 N–H and O–H groups in total. The van der Waals surface area contributed by atoms with Gasteiger partial charge in [0.15, 0.2) is 0 Å². The molecule has 3 rings (SSSR count). The molecule has 2 aliphatic carbocycles. The molecule has 1 unspecified atom stereocenters. The average molecular weight is 294 g/mol. The van der Waals surface area contributed by atoms with Crippen molar-refractivity contribution >= 4 is 29.0 Å². The third-order valence-electron chi connectivity index (χ3n) is 5.14. The highest BCUT2D eigenvalue weighted by Crippen LogP contribution is 2.47. The number of imide groups is 1. The van der Waals surface area contributed by atoms with Gasteiger partial charge in [0, 0.05) is 12.8 Å². The molecule has 0 radical (unpaired) electrons. The summed E-state index contributed by atoms with van der Waals surface area (Å²) < 4.78 is 0. The molecule has 5 heteroatoms. The molecule has 110 valence electrons. The van der Waals surface area contributed by atoms with Crippen LogP contribution in [0.25, 0.3) is 0 Å². The lowest BCUT2D eigenvalue weighted by molar-refractivity contribution is -0.156. The van der Waals surface area contributed by atoms with Gasteiger partial charge >= 0.3 is 0 Å². The fourth-order valence-electron chi connectivity index (χ4n) is 3.96. The fourth-order valence-corrected chi connectivity index (χ4v) is 4.26. The smallest absolute Gasteiger partial charge is 0.230 e. The molecule has 1 heterocycles. The third-order valence-corrected chi connectivity index (χ3v) is 5.38. The van der Waals surface area contributed by atoms with Crippen molar-refractivity contribution in [1.82, 2.24) is 4.90 Å². The van der Waals surface area contributed by atoms with Crippen LogP contribution in [0.15, 0.2) is 0 Å².